The van der Waals surface area contributed by atoms with Crippen molar-refractivity contribution in [2.75, 3.05) is 5.32 Å². The maximum Gasteiger partial charge on any atom is 0.0991 e. The predicted molar refractivity (Wildman–Crippen MR) is 77.4 cm³/mol. The molecular formula is C15H20N4. The van der Waals surface area contributed by atoms with Gasteiger partial charge in [0.1, 0.15) is 0 Å². The zero-order chi connectivity index (χ0) is 13.1. The summed E-state index contributed by atoms with van der Waals surface area (Å²) in [7, 11) is 0. The van der Waals surface area contributed by atoms with Crippen LogP contribution in [0.2, 0.25) is 0 Å². The molecule has 0 saturated heterocycles. The quantitative estimate of drug-likeness (QED) is 0.887. The summed E-state index contributed by atoms with van der Waals surface area (Å²) < 4.78 is 2.01. The Balaban J connectivity index is 1.73. The first kappa shape index (κ1) is 12.2. The highest BCUT2D eigenvalue weighted by atomic mass is 15.0. The molecule has 1 saturated carbocycles. The van der Waals surface area contributed by atoms with E-state index in [1.807, 2.05) is 17.1 Å². The third-order valence-electron chi connectivity index (χ3n) is 3.73. The monoisotopic (exact) mass is 256 g/mol. The number of anilines is 1. The summed E-state index contributed by atoms with van der Waals surface area (Å²) in [5.41, 5.74) is 8.32. The molecule has 0 spiro atoms. The van der Waals surface area contributed by atoms with Gasteiger partial charge in [0.2, 0.25) is 0 Å². The predicted octanol–water partition coefficient (Wildman–Crippen LogP) is 2.55. The van der Waals surface area contributed by atoms with Gasteiger partial charge in [-0.3, -0.25) is 0 Å². The molecule has 0 amide bonds. The van der Waals surface area contributed by atoms with Gasteiger partial charge in [-0.1, -0.05) is 6.07 Å². The molecule has 2 atom stereocenters. The van der Waals surface area contributed by atoms with Crippen LogP contribution in [0.25, 0.3) is 5.69 Å². The highest BCUT2D eigenvalue weighted by molar-refractivity contribution is 5.51. The maximum absolute atomic E-state index is 6.03. The van der Waals surface area contributed by atoms with Gasteiger partial charge in [0.25, 0.3) is 0 Å². The fourth-order valence-corrected chi connectivity index (χ4v) is 2.76. The van der Waals surface area contributed by atoms with Crippen LogP contribution in [0.5, 0.6) is 0 Å². The Hall–Kier alpha value is -1.81. The van der Waals surface area contributed by atoms with E-state index in [9.17, 15) is 0 Å². The van der Waals surface area contributed by atoms with Crippen molar-refractivity contribution in [1.29, 1.82) is 0 Å². The lowest BCUT2D eigenvalue weighted by molar-refractivity contribution is 0.409. The molecule has 1 heterocycles. The lowest BCUT2D eigenvalue weighted by atomic mass is 9.91. The second-order valence-corrected chi connectivity index (χ2v) is 5.29. The molecule has 4 nitrogen and oxygen atoms in total. The second-order valence-electron chi connectivity index (χ2n) is 5.29. The van der Waals surface area contributed by atoms with Crippen LogP contribution in [-0.2, 0) is 0 Å². The molecule has 0 bridgehead atoms. The van der Waals surface area contributed by atoms with Crippen LogP contribution in [0.1, 0.15) is 25.7 Å². The van der Waals surface area contributed by atoms with Crippen LogP contribution in [0.3, 0.4) is 0 Å². The molecule has 1 aromatic heterocycles. The largest absolute Gasteiger partial charge is 0.382 e. The highest BCUT2D eigenvalue weighted by Gasteiger charge is 2.18. The van der Waals surface area contributed by atoms with Crippen molar-refractivity contribution in [3.05, 3.63) is 43.0 Å². The number of nitrogens with two attached hydrogens (primary N) is 1. The molecule has 100 valence electrons. The molecule has 2 unspecified atom stereocenters. The van der Waals surface area contributed by atoms with Crippen molar-refractivity contribution in [3.63, 3.8) is 0 Å². The average molecular weight is 256 g/mol. The van der Waals surface area contributed by atoms with Gasteiger partial charge in [-0.25, -0.2) is 4.98 Å². The van der Waals surface area contributed by atoms with Crippen molar-refractivity contribution < 1.29 is 0 Å². The zero-order valence-electron chi connectivity index (χ0n) is 11.0. The minimum Gasteiger partial charge on any atom is -0.382 e. The lowest BCUT2D eigenvalue weighted by Gasteiger charge is -2.28. The number of rotatable bonds is 3. The Bertz CT molecular complexity index is 521. The molecule has 2 aromatic rings. The van der Waals surface area contributed by atoms with E-state index < -0.39 is 0 Å². The first-order valence-corrected chi connectivity index (χ1v) is 6.92. The fourth-order valence-electron chi connectivity index (χ4n) is 2.76. The molecule has 19 heavy (non-hydrogen) atoms. The van der Waals surface area contributed by atoms with Gasteiger partial charge in [-0.15, -0.1) is 0 Å². The summed E-state index contributed by atoms with van der Waals surface area (Å²) in [6.45, 7) is 0. The van der Waals surface area contributed by atoms with Crippen LogP contribution in [0.4, 0.5) is 5.69 Å². The van der Waals surface area contributed by atoms with Gasteiger partial charge in [-0.2, -0.15) is 0 Å². The lowest BCUT2D eigenvalue weighted by Crippen LogP contribution is -2.34. The smallest absolute Gasteiger partial charge is 0.0991 e. The number of aromatic nitrogens is 2. The van der Waals surface area contributed by atoms with Gasteiger partial charge < -0.3 is 15.6 Å². The number of nitrogens with one attached hydrogen (secondary N) is 1. The molecule has 1 fully saturated rings. The molecule has 1 aliphatic rings. The summed E-state index contributed by atoms with van der Waals surface area (Å²) in [5, 5.41) is 3.60. The second kappa shape index (κ2) is 5.45. The van der Waals surface area contributed by atoms with E-state index in [4.69, 9.17) is 5.73 Å². The van der Waals surface area contributed by atoms with E-state index in [1.54, 1.807) is 6.20 Å². The highest BCUT2D eigenvalue weighted by Crippen LogP contribution is 2.22. The minimum atomic E-state index is 0.350. The third kappa shape index (κ3) is 2.96. The van der Waals surface area contributed by atoms with Crippen LogP contribution < -0.4 is 11.1 Å². The molecule has 1 aliphatic carbocycles. The number of hydrogen-bond donors (Lipinski definition) is 2. The van der Waals surface area contributed by atoms with Crippen molar-refractivity contribution in [3.8, 4) is 5.69 Å². The molecule has 1 aromatic carbocycles. The first-order valence-electron chi connectivity index (χ1n) is 6.92. The average Bonchev–Trinajstić information content (AvgIpc) is 2.93. The molecule has 3 N–H and O–H groups in total. The van der Waals surface area contributed by atoms with Crippen molar-refractivity contribution in [2.45, 2.75) is 37.8 Å². The summed E-state index contributed by atoms with van der Waals surface area (Å²) in [6, 6.07) is 9.27. The Morgan fingerprint density at radius 2 is 2.26 bits per heavy atom. The minimum absolute atomic E-state index is 0.350. The zero-order valence-corrected chi connectivity index (χ0v) is 11.0. The van der Waals surface area contributed by atoms with Crippen LogP contribution in [0.15, 0.2) is 43.0 Å². The van der Waals surface area contributed by atoms with Gasteiger partial charge in [-0.05, 0) is 43.9 Å². The van der Waals surface area contributed by atoms with Gasteiger partial charge >= 0.3 is 0 Å². The summed E-state index contributed by atoms with van der Waals surface area (Å²) in [4.78, 5) is 4.08. The maximum atomic E-state index is 6.03. The van der Waals surface area contributed by atoms with Crippen molar-refractivity contribution >= 4 is 5.69 Å². The molecule has 4 heteroatoms. The van der Waals surface area contributed by atoms with Crippen LogP contribution in [0, 0.1) is 0 Å². The standard InChI is InChI=1S/C15H20N4/c16-12-3-1-4-13(9-12)18-14-5-2-6-15(10-14)19-8-7-17-11-19/h2,5-8,10-13,18H,1,3-4,9,16H2. The number of hydrogen-bond acceptors (Lipinski definition) is 3. The van der Waals surface area contributed by atoms with E-state index >= 15 is 0 Å². The third-order valence-corrected chi connectivity index (χ3v) is 3.73. The van der Waals surface area contributed by atoms with Crippen LogP contribution >= 0.6 is 0 Å². The Kier molecular flexibility index (Phi) is 3.51. The normalized spacial score (nSPS) is 23.2. The fraction of sp³-hybridized carbons (Fsp3) is 0.400. The number of imidazole rings is 1. The Morgan fingerprint density at radius 1 is 1.32 bits per heavy atom. The summed E-state index contributed by atoms with van der Waals surface area (Å²) in [5.74, 6) is 0. The Labute approximate surface area is 113 Å². The molecular weight excluding hydrogens is 236 g/mol. The SMILES string of the molecule is NC1CCCC(Nc2cccc(-n3ccnc3)c2)C1. The van der Waals surface area contributed by atoms with E-state index in [1.165, 1.54) is 12.8 Å². The summed E-state index contributed by atoms with van der Waals surface area (Å²) in [6.07, 6.45) is 10.2. The van der Waals surface area contributed by atoms with Gasteiger partial charge in [0.15, 0.2) is 0 Å². The van der Waals surface area contributed by atoms with E-state index in [0.29, 0.717) is 12.1 Å². The first-order chi connectivity index (χ1) is 9.31. The Morgan fingerprint density at radius 3 is 3.05 bits per heavy atom. The van der Waals surface area contributed by atoms with E-state index in [-0.39, 0.29) is 0 Å². The van der Waals surface area contributed by atoms with Crippen LogP contribution in [-0.4, -0.2) is 21.6 Å². The topological polar surface area (TPSA) is 55.9 Å². The van der Waals surface area contributed by atoms with Gasteiger partial charge in [0.05, 0.1) is 6.33 Å². The van der Waals surface area contributed by atoms with Crippen molar-refractivity contribution in [1.82, 2.24) is 9.55 Å². The van der Waals surface area contributed by atoms with Crippen molar-refractivity contribution in [2.24, 2.45) is 5.73 Å². The van der Waals surface area contributed by atoms with Gasteiger partial charge in [0, 0.05) is 35.9 Å². The van der Waals surface area contributed by atoms with E-state index in [0.717, 1.165) is 24.2 Å². The molecule has 0 aliphatic heterocycles. The van der Waals surface area contributed by atoms with E-state index in [2.05, 4.69) is 34.6 Å². The number of benzene rings is 1. The molecule has 0 radical (unpaired) electrons. The number of nitrogens with zero attached hydrogens (tertiary/aromatic N) is 2. The molecule has 3 rings (SSSR count). The summed E-state index contributed by atoms with van der Waals surface area (Å²) >= 11 is 0.